The molecule has 1 rings (SSSR count). The minimum Gasteiger partial charge on any atom is -0.382 e. The molecule has 0 aliphatic rings. The van der Waals surface area contributed by atoms with Crippen LogP contribution in [0.3, 0.4) is 0 Å². The van der Waals surface area contributed by atoms with Crippen molar-refractivity contribution >= 4 is 11.6 Å². The molecule has 0 radical (unpaired) electrons. The summed E-state index contributed by atoms with van der Waals surface area (Å²) < 4.78 is 7.25. The van der Waals surface area contributed by atoms with Crippen LogP contribution in [0.2, 0.25) is 5.02 Å². The number of aromatic nitrogens is 2. The summed E-state index contributed by atoms with van der Waals surface area (Å²) in [6.45, 7) is 7.22. The van der Waals surface area contributed by atoms with Gasteiger partial charge in [0.1, 0.15) is 0 Å². The fourth-order valence-electron chi connectivity index (χ4n) is 2.22. The molecule has 1 aromatic heterocycles. The van der Waals surface area contributed by atoms with Gasteiger partial charge in [0.15, 0.2) is 0 Å². The van der Waals surface area contributed by atoms with E-state index in [2.05, 4.69) is 24.3 Å². The molecule has 0 spiro atoms. The summed E-state index contributed by atoms with van der Waals surface area (Å²) >= 11 is 6.32. The first kappa shape index (κ1) is 16.5. The Bertz CT molecular complexity index is 392. The van der Waals surface area contributed by atoms with Gasteiger partial charge in [-0.25, -0.2) is 0 Å². The van der Waals surface area contributed by atoms with Gasteiger partial charge in [-0.05, 0) is 33.2 Å². The van der Waals surface area contributed by atoms with Gasteiger partial charge in [0, 0.05) is 26.6 Å². The van der Waals surface area contributed by atoms with Crippen molar-refractivity contribution in [2.75, 3.05) is 13.7 Å². The van der Waals surface area contributed by atoms with Crippen LogP contribution in [-0.4, -0.2) is 35.6 Å². The van der Waals surface area contributed by atoms with Crippen molar-refractivity contribution in [3.05, 3.63) is 16.4 Å². The van der Waals surface area contributed by atoms with Crippen LogP contribution < -0.4 is 5.32 Å². The Hall–Kier alpha value is -0.580. The van der Waals surface area contributed by atoms with Gasteiger partial charge in [-0.1, -0.05) is 18.5 Å². The van der Waals surface area contributed by atoms with E-state index in [0.717, 1.165) is 42.2 Å². The maximum atomic E-state index is 6.32. The number of hydrogen-bond donors (Lipinski definition) is 1. The van der Waals surface area contributed by atoms with Crippen molar-refractivity contribution in [2.45, 2.75) is 52.2 Å². The molecule has 0 saturated carbocycles. The Morgan fingerprint density at radius 3 is 2.63 bits per heavy atom. The number of hydrogen-bond acceptors (Lipinski definition) is 3. The molecule has 1 N–H and O–H groups in total. The molecule has 2 atom stereocenters. The molecule has 0 fully saturated rings. The van der Waals surface area contributed by atoms with Crippen LogP contribution in [0.4, 0.5) is 0 Å². The van der Waals surface area contributed by atoms with Crippen LogP contribution in [0.25, 0.3) is 0 Å². The van der Waals surface area contributed by atoms with Crippen molar-refractivity contribution in [3.63, 3.8) is 0 Å². The number of methoxy groups -OCH3 is 1. The van der Waals surface area contributed by atoms with Crippen LogP contribution in [0, 0.1) is 6.92 Å². The zero-order chi connectivity index (χ0) is 14.4. The van der Waals surface area contributed by atoms with E-state index in [9.17, 15) is 0 Å². The highest BCUT2D eigenvalue weighted by atomic mass is 35.5. The second-order valence-corrected chi connectivity index (χ2v) is 5.48. The summed E-state index contributed by atoms with van der Waals surface area (Å²) in [6.07, 6.45) is 3.21. The van der Waals surface area contributed by atoms with E-state index in [0.29, 0.717) is 6.04 Å². The van der Waals surface area contributed by atoms with E-state index < -0.39 is 0 Å². The monoisotopic (exact) mass is 287 g/mol. The van der Waals surface area contributed by atoms with Crippen LogP contribution >= 0.6 is 11.6 Å². The summed E-state index contributed by atoms with van der Waals surface area (Å²) in [5.41, 5.74) is 1.99. The fraction of sp³-hybridized carbons (Fsp3) is 0.786. The minimum atomic E-state index is 0.238. The van der Waals surface area contributed by atoms with E-state index in [-0.39, 0.29) is 6.10 Å². The summed E-state index contributed by atoms with van der Waals surface area (Å²) in [6, 6.07) is 0.363. The van der Waals surface area contributed by atoms with E-state index >= 15 is 0 Å². The third-order valence-electron chi connectivity index (χ3n) is 3.40. The molecule has 110 valence electrons. The number of nitrogens with one attached hydrogen (secondary N) is 1. The molecule has 0 saturated heterocycles. The smallest absolute Gasteiger partial charge is 0.0847 e. The summed E-state index contributed by atoms with van der Waals surface area (Å²) in [7, 11) is 3.70. The topological polar surface area (TPSA) is 39.1 Å². The highest BCUT2D eigenvalue weighted by Gasteiger charge is 2.18. The second kappa shape index (κ2) is 7.88. The van der Waals surface area contributed by atoms with Crippen LogP contribution in [0.15, 0.2) is 0 Å². The highest BCUT2D eigenvalue weighted by Crippen LogP contribution is 2.21. The molecule has 0 aromatic carbocycles. The van der Waals surface area contributed by atoms with Crippen molar-refractivity contribution in [3.8, 4) is 0 Å². The molecule has 5 heteroatoms. The fourth-order valence-corrected chi connectivity index (χ4v) is 2.46. The lowest BCUT2D eigenvalue weighted by Crippen LogP contribution is -2.35. The van der Waals surface area contributed by atoms with Crippen LogP contribution in [-0.2, 0) is 18.2 Å². The molecular formula is C14H26ClN3O. The standard InChI is InChI=1S/C14H26ClN3O/c1-6-7-16-12(8-10(2)19-5)9-13-14(15)11(3)17-18(13)4/h10,12,16H,6-9H2,1-5H3. The first-order valence-electron chi connectivity index (χ1n) is 6.93. The van der Waals surface area contributed by atoms with Crippen LogP contribution in [0.5, 0.6) is 0 Å². The molecule has 2 unspecified atom stereocenters. The van der Waals surface area contributed by atoms with Crippen molar-refractivity contribution in [2.24, 2.45) is 7.05 Å². The number of aryl methyl sites for hydroxylation is 2. The Morgan fingerprint density at radius 1 is 1.47 bits per heavy atom. The number of nitrogens with zero attached hydrogens (tertiary/aromatic N) is 2. The van der Waals surface area contributed by atoms with Crippen molar-refractivity contribution in [1.82, 2.24) is 15.1 Å². The Morgan fingerprint density at radius 2 is 2.16 bits per heavy atom. The molecule has 0 aliphatic carbocycles. The van der Waals surface area contributed by atoms with E-state index in [1.54, 1.807) is 7.11 Å². The van der Waals surface area contributed by atoms with Gasteiger partial charge in [-0.15, -0.1) is 0 Å². The Kier molecular flexibility index (Phi) is 6.83. The van der Waals surface area contributed by atoms with Gasteiger partial charge >= 0.3 is 0 Å². The first-order valence-corrected chi connectivity index (χ1v) is 7.31. The zero-order valence-electron chi connectivity index (χ0n) is 12.7. The maximum absolute atomic E-state index is 6.32. The normalized spacial score (nSPS) is 14.6. The van der Waals surface area contributed by atoms with Gasteiger partial charge < -0.3 is 10.1 Å². The van der Waals surface area contributed by atoms with E-state index in [4.69, 9.17) is 16.3 Å². The van der Waals surface area contributed by atoms with Crippen LogP contribution in [0.1, 0.15) is 38.1 Å². The number of rotatable bonds is 8. The number of halogens is 1. The molecular weight excluding hydrogens is 262 g/mol. The van der Waals surface area contributed by atoms with Crippen molar-refractivity contribution < 1.29 is 4.74 Å². The average Bonchev–Trinajstić information content (AvgIpc) is 2.62. The van der Waals surface area contributed by atoms with E-state index in [1.807, 2.05) is 18.7 Å². The first-order chi connectivity index (χ1) is 8.99. The maximum Gasteiger partial charge on any atom is 0.0847 e. The van der Waals surface area contributed by atoms with Gasteiger partial charge in [0.25, 0.3) is 0 Å². The molecule has 19 heavy (non-hydrogen) atoms. The lowest BCUT2D eigenvalue weighted by Gasteiger charge is -2.22. The molecule has 0 bridgehead atoms. The van der Waals surface area contributed by atoms with Crippen molar-refractivity contribution in [1.29, 1.82) is 0 Å². The second-order valence-electron chi connectivity index (χ2n) is 5.11. The van der Waals surface area contributed by atoms with Gasteiger partial charge in [0.05, 0.1) is 22.5 Å². The molecule has 4 nitrogen and oxygen atoms in total. The molecule has 1 aromatic rings. The lowest BCUT2D eigenvalue weighted by atomic mass is 10.0. The average molecular weight is 288 g/mol. The third kappa shape index (κ3) is 4.79. The zero-order valence-corrected chi connectivity index (χ0v) is 13.4. The molecule has 1 heterocycles. The van der Waals surface area contributed by atoms with E-state index in [1.165, 1.54) is 0 Å². The Balaban J connectivity index is 2.75. The quantitative estimate of drug-likeness (QED) is 0.799. The molecule has 0 aliphatic heterocycles. The summed E-state index contributed by atoms with van der Waals surface area (Å²) in [4.78, 5) is 0. The Labute approximate surface area is 121 Å². The lowest BCUT2D eigenvalue weighted by molar-refractivity contribution is 0.100. The summed E-state index contributed by atoms with van der Waals surface area (Å²) in [5.74, 6) is 0. The van der Waals surface area contributed by atoms with Gasteiger partial charge in [-0.2, -0.15) is 5.10 Å². The largest absolute Gasteiger partial charge is 0.382 e. The predicted octanol–water partition coefficient (Wildman–Crippen LogP) is 2.72. The van der Waals surface area contributed by atoms with Gasteiger partial charge in [-0.3, -0.25) is 4.68 Å². The third-order valence-corrected chi connectivity index (χ3v) is 3.89. The van der Waals surface area contributed by atoms with Gasteiger partial charge in [0.2, 0.25) is 0 Å². The molecule has 0 amide bonds. The minimum absolute atomic E-state index is 0.238. The number of ether oxygens (including phenoxy) is 1. The highest BCUT2D eigenvalue weighted by molar-refractivity contribution is 6.31. The predicted molar refractivity (Wildman–Crippen MR) is 79.8 cm³/mol. The summed E-state index contributed by atoms with van der Waals surface area (Å²) in [5, 5.41) is 8.72. The SMILES string of the molecule is CCCNC(Cc1c(Cl)c(C)nn1C)CC(C)OC.